The van der Waals surface area contributed by atoms with Crippen LogP contribution in [-0.2, 0) is 17.4 Å². The second-order valence-corrected chi connectivity index (χ2v) is 5.84. The first-order valence-corrected chi connectivity index (χ1v) is 7.41. The van der Waals surface area contributed by atoms with Gasteiger partial charge in [0.1, 0.15) is 0 Å². The minimum atomic E-state index is -4.36. The molecule has 0 saturated carbocycles. The summed E-state index contributed by atoms with van der Waals surface area (Å²) in [5.41, 5.74) is -0.141. The molecular weight excluding hydrogens is 295 g/mol. The fourth-order valence-electron chi connectivity index (χ4n) is 2.89. The van der Waals surface area contributed by atoms with Crippen LogP contribution in [0.1, 0.15) is 37.3 Å². The SMILES string of the molecule is CC(O)CC1CCCN1C(=O)Cc1ccc(C(F)(F)F)cc1. The molecule has 2 atom stereocenters. The number of benzene rings is 1. The van der Waals surface area contributed by atoms with Crippen molar-refractivity contribution in [2.75, 3.05) is 6.54 Å². The van der Waals surface area contributed by atoms with Crippen LogP contribution in [0.4, 0.5) is 13.2 Å². The molecular formula is C16H20F3NO2. The van der Waals surface area contributed by atoms with E-state index in [2.05, 4.69) is 0 Å². The molecule has 1 heterocycles. The zero-order valence-corrected chi connectivity index (χ0v) is 12.4. The Bertz CT molecular complexity index is 511. The van der Waals surface area contributed by atoms with Crippen molar-refractivity contribution in [3.63, 3.8) is 0 Å². The number of alkyl halides is 3. The molecule has 1 amide bonds. The number of likely N-dealkylation sites (tertiary alicyclic amines) is 1. The number of aliphatic hydroxyl groups excluding tert-OH is 1. The lowest BCUT2D eigenvalue weighted by Gasteiger charge is -2.25. The number of carbonyl (C=O) groups excluding carboxylic acids is 1. The summed E-state index contributed by atoms with van der Waals surface area (Å²) in [6.45, 7) is 2.34. The second kappa shape index (κ2) is 6.69. The Labute approximate surface area is 127 Å². The third-order valence-corrected chi connectivity index (χ3v) is 3.95. The molecule has 1 aliphatic rings. The van der Waals surface area contributed by atoms with Crippen LogP contribution in [0.15, 0.2) is 24.3 Å². The van der Waals surface area contributed by atoms with E-state index in [4.69, 9.17) is 0 Å². The molecule has 22 heavy (non-hydrogen) atoms. The molecule has 3 nitrogen and oxygen atoms in total. The number of hydrogen-bond donors (Lipinski definition) is 1. The molecule has 2 rings (SSSR count). The summed E-state index contributed by atoms with van der Waals surface area (Å²) in [6.07, 6.45) is -2.43. The van der Waals surface area contributed by atoms with Gasteiger partial charge in [0, 0.05) is 12.6 Å². The predicted octanol–water partition coefficient (Wildman–Crippen LogP) is 3.01. The zero-order chi connectivity index (χ0) is 16.3. The van der Waals surface area contributed by atoms with Crippen molar-refractivity contribution in [1.29, 1.82) is 0 Å². The Morgan fingerprint density at radius 2 is 2.00 bits per heavy atom. The van der Waals surface area contributed by atoms with Gasteiger partial charge in [-0.05, 0) is 43.9 Å². The van der Waals surface area contributed by atoms with Crippen LogP contribution in [-0.4, -0.2) is 34.6 Å². The van der Waals surface area contributed by atoms with Crippen LogP contribution in [0.2, 0.25) is 0 Å². The summed E-state index contributed by atoms with van der Waals surface area (Å²) in [4.78, 5) is 14.1. The Morgan fingerprint density at radius 3 is 2.55 bits per heavy atom. The molecule has 1 aromatic rings. The van der Waals surface area contributed by atoms with E-state index < -0.39 is 17.8 Å². The number of rotatable bonds is 4. The topological polar surface area (TPSA) is 40.5 Å². The van der Waals surface area contributed by atoms with Crippen molar-refractivity contribution >= 4 is 5.91 Å². The molecule has 1 saturated heterocycles. The van der Waals surface area contributed by atoms with Gasteiger partial charge in [-0.25, -0.2) is 0 Å². The van der Waals surface area contributed by atoms with Gasteiger partial charge in [-0.2, -0.15) is 13.2 Å². The highest BCUT2D eigenvalue weighted by atomic mass is 19.4. The zero-order valence-electron chi connectivity index (χ0n) is 12.4. The monoisotopic (exact) mass is 315 g/mol. The highest BCUT2D eigenvalue weighted by Gasteiger charge is 2.31. The van der Waals surface area contributed by atoms with Crippen LogP contribution in [0.25, 0.3) is 0 Å². The molecule has 2 unspecified atom stereocenters. The number of halogens is 3. The number of nitrogens with zero attached hydrogens (tertiary/aromatic N) is 1. The van der Waals surface area contributed by atoms with Gasteiger partial charge in [-0.1, -0.05) is 12.1 Å². The van der Waals surface area contributed by atoms with Gasteiger partial charge in [-0.15, -0.1) is 0 Å². The Morgan fingerprint density at radius 1 is 1.36 bits per heavy atom. The molecule has 0 bridgehead atoms. The van der Waals surface area contributed by atoms with Crippen LogP contribution in [0, 0.1) is 0 Å². The Balaban J connectivity index is 1.99. The molecule has 0 spiro atoms. The fraction of sp³-hybridized carbons (Fsp3) is 0.562. The maximum absolute atomic E-state index is 12.5. The highest BCUT2D eigenvalue weighted by Crippen LogP contribution is 2.29. The molecule has 1 N–H and O–H groups in total. The van der Waals surface area contributed by atoms with Crippen LogP contribution in [0.3, 0.4) is 0 Å². The number of hydrogen-bond acceptors (Lipinski definition) is 2. The van der Waals surface area contributed by atoms with E-state index >= 15 is 0 Å². The average Bonchev–Trinajstić information content (AvgIpc) is 2.85. The number of amides is 1. The first-order chi connectivity index (χ1) is 10.3. The van der Waals surface area contributed by atoms with Crippen LogP contribution in [0.5, 0.6) is 0 Å². The van der Waals surface area contributed by atoms with E-state index in [0.717, 1.165) is 25.0 Å². The maximum Gasteiger partial charge on any atom is 0.416 e. The van der Waals surface area contributed by atoms with Gasteiger partial charge in [0.15, 0.2) is 0 Å². The Hall–Kier alpha value is -1.56. The summed E-state index contributed by atoms with van der Waals surface area (Å²) in [5.74, 6) is -0.0945. The third-order valence-electron chi connectivity index (χ3n) is 3.95. The lowest BCUT2D eigenvalue weighted by molar-refractivity contribution is -0.137. The maximum atomic E-state index is 12.5. The summed E-state index contributed by atoms with van der Waals surface area (Å²) >= 11 is 0. The van der Waals surface area contributed by atoms with Gasteiger partial charge in [0.2, 0.25) is 5.91 Å². The fourth-order valence-corrected chi connectivity index (χ4v) is 2.89. The van der Waals surface area contributed by atoms with Crippen molar-refractivity contribution in [3.8, 4) is 0 Å². The number of carbonyl (C=O) groups is 1. The molecule has 0 aromatic heterocycles. The van der Waals surface area contributed by atoms with Crippen LogP contribution >= 0.6 is 0 Å². The quantitative estimate of drug-likeness (QED) is 0.928. The highest BCUT2D eigenvalue weighted by molar-refractivity contribution is 5.79. The van der Waals surface area contributed by atoms with Gasteiger partial charge in [0.05, 0.1) is 18.1 Å². The van der Waals surface area contributed by atoms with Gasteiger partial charge >= 0.3 is 6.18 Å². The molecule has 1 aliphatic heterocycles. The summed E-state index contributed by atoms with van der Waals surface area (Å²) in [6, 6.07) is 4.72. The predicted molar refractivity (Wildman–Crippen MR) is 76.2 cm³/mol. The minimum Gasteiger partial charge on any atom is -0.393 e. The summed E-state index contributed by atoms with van der Waals surface area (Å²) in [5, 5.41) is 9.46. The molecule has 1 fully saturated rings. The molecule has 1 aromatic carbocycles. The first-order valence-electron chi connectivity index (χ1n) is 7.41. The van der Waals surface area contributed by atoms with E-state index in [1.165, 1.54) is 12.1 Å². The normalized spacial score (nSPS) is 20.2. The van der Waals surface area contributed by atoms with Crippen molar-refractivity contribution in [2.24, 2.45) is 0 Å². The van der Waals surface area contributed by atoms with E-state index in [-0.39, 0.29) is 18.4 Å². The lowest BCUT2D eigenvalue weighted by atomic mass is 10.1. The van der Waals surface area contributed by atoms with E-state index in [1.54, 1.807) is 11.8 Å². The second-order valence-electron chi connectivity index (χ2n) is 5.84. The number of aliphatic hydroxyl groups is 1. The van der Waals surface area contributed by atoms with Crippen molar-refractivity contribution in [3.05, 3.63) is 35.4 Å². The van der Waals surface area contributed by atoms with Gasteiger partial charge in [-0.3, -0.25) is 4.79 Å². The average molecular weight is 315 g/mol. The van der Waals surface area contributed by atoms with Crippen molar-refractivity contribution in [2.45, 2.75) is 50.9 Å². The smallest absolute Gasteiger partial charge is 0.393 e. The lowest BCUT2D eigenvalue weighted by Crippen LogP contribution is -2.38. The molecule has 6 heteroatoms. The van der Waals surface area contributed by atoms with Gasteiger partial charge in [0.25, 0.3) is 0 Å². The standard InChI is InChI=1S/C16H20F3NO2/c1-11(21)9-14-3-2-8-20(14)15(22)10-12-4-6-13(7-5-12)16(17,18)19/h4-7,11,14,21H,2-3,8-10H2,1H3. The van der Waals surface area contributed by atoms with Crippen LogP contribution < -0.4 is 0 Å². The van der Waals surface area contributed by atoms with Gasteiger partial charge < -0.3 is 10.0 Å². The van der Waals surface area contributed by atoms with E-state index in [9.17, 15) is 23.1 Å². The Kier molecular flexibility index (Phi) is 5.11. The third kappa shape index (κ3) is 4.22. The van der Waals surface area contributed by atoms with E-state index in [1.807, 2.05) is 0 Å². The largest absolute Gasteiger partial charge is 0.416 e. The first kappa shape index (κ1) is 16.8. The molecule has 0 radical (unpaired) electrons. The minimum absolute atomic E-state index is 0.0296. The van der Waals surface area contributed by atoms with E-state index in [0.29, 0.717) is 18.5 Å². The molecule has 0 aliphatic carbocycles. The van der Waals surface area contributed by atoms with Crippen molar-refractivity contribution in [1.82, 2.24) is 4.90 Å². The summed E-state index contributed by atoms with van der Waals surface area (Å²) < 4.78 is 37.5. The van der Waals surface area contributed by atoms with Crippen molar-refractivity contribution < 1.29 is 23.1 Å². The summed E-state index contributed by atoms with van der Waals surface area (Å²) in [7, 11) is 0. The molecule has 122 valence electrons.